The van der Waals surface area contributed by atoms with E-state index in [0.29, 0.717) is 23.7 Å². The number of rotatable bonds is 7. The van der Waals surface area contributed by atoms with E-state index < -0.39 is 5.97 Å². The van der Waals surface area contributed by atoms with Gasteiger partial charge in [0.1, 0.15) is 30.3 Å². The minimum absolute atomic E-state index is 0.251. The van der Waals surface area contributed by atoms with Crippen LogP contribution < -0.4 is 9.47 Å². The molecule has 120 valence electrons. The minimum atomic E-state index is -0.410. The Morgan fingerprint density at radius 1 is 1.05 bits per heavy atom. The van der Waals surface area contributed by atoms with Crippen LogP contribution in [0.15, 0.2) is 41.5 Å². The normalized spacial score (nSPS) is 9.68. The molecule has 0 bridgehead atoms. The van der Waals surface area contributed by atoms with Gasteiger partial charge in [-0.25, -0.2) is 4.79 Å². The summed E-state index contributed by atoms with van der Waals surface area (Å²) in [4.78, 5) is 12.2. The predicted octanol–water partition coefficient (Wildman–Crippen LogP) is 4.16. The highest BCUT2D eigenvalue weighted by molar-refractivity contribution is 5.92. The summed E-state index contributed by atoms with van der Waals surface area (Å²) in [6.45, 7) is 8.53. The first kappa shape index (κ1) is 17.8. The van der Waals surface area contributed by atoms with Crippen molar-refractivity contribution in [2.24, 2.45) is 0 Å². The number of carbonyl (C=O) groups excluding carboxylic acids is 1. The van der Waals surface area contributed by atoms with Crippen molar-refractivity contribution in [1.29, 1.82) is 0 Å². The summed E-state index contributed by atoms with van der Waals surface area (Å²) in [6, 6.07) is 5.06. The maximum atomic E-state index is 12.2. The van der Waals surface area contributed by atoms with Gasteiger partial charge in [0.15, 0.2) is 0 Å². The number of ether oxygens (including phenoxy) is 3. The van der Waals surface area contributed by atoms with Crippen LogP contribution in [0.4, 0.5) is 0 Å². The van der Waals surface area contributed by atoms with Gasteiger partial charge in [0.25, 0.3) is 0 Å². The summed E-state index contributed by atoms with van der Waals surface area (Å²) in [5.41, 5.74) is 2.64. The Balaban J connectivity index is 2.89. The van der Waals surface area contributed by atoms with Gasteiger partial charge in [0.05, 0.1) is 7.11 Å². The molecule has 0 N–H and O–H groups in total. The number of allylic oxidation sites excluding steroid dienone is 2. The molecular weight excluding hydrogens is 280 g/mol. The van der Waals surface area contributed by atoms with E-state index in [9.17, 15) is 4.79 Å². The first-order valence-electron chi connectivity index (χ1n) is 7.18. The average molecular weight is 304 g/mol. The molecule has 22 heavy (non-hydrogen) atoms. The van der Waals surface area contributed by atoms with E-state index in [4.69, 9.17) is 14.2 Å². The second-order valence-electron chi connectivity index (χ2n) is 5.33. The van der Waals surface area contributed by atoms with Gasteiger partial charge in [0.2, 0.25) is 0 Å². The fraction of sp³-hybridized carbons (Fsp3) is 0.389. The molecule has 0 aliphatic heterocycles. The minimum Gasteiger partial charge on any atom is -0.497 e. The Kier molecular flexibility index (Phi) is 7.23. The van der Waals surface area contributed by atoms with Crippen molar-refractivity contribution in [3.8, 4) is 11.5 Å². The molecule has 0 saturated carbocycles. The third-order valence-corrected chi connectivity index (χ3v) is 2.85. The van der Waals surface area contributed by atoms with Gasteiger partial charge in [-0.1, -0.05) is 11.1 Å². The van der Waals surface area contributed by atoms with Crippen LogP contribution in [-0.4, -0.2) is 26.3 Å². The van der Waals surface area contributed by atoms with Crippen LogP contribution in [0, 0.1) is 0 Å². The highest BCUT2D eigenvalue weighted by Gasteiger charge is 2.14. The lowest BCUT2D eigenvalue weighted by molar-refractivity contribution is 0.0545. The third kappa shape index (κ3) is 6.04. The molecule has 0 unspecified atom stereocenters. The fourth-order valence-electron chi connectivity index (χ4n) is 1.58. The second-order valence-corrected chi connectivity index (χ2v) is 5.33. The van der Waals surface area contributed by atoms with Crippen molar-refractivity contribution >= 4 is 5.97 Å². The maximum absolute atomic E-state index is 12.2. The van der Waals surface area contributed by atoms with E-state index in [0.717, 1.165) is 11.1 Å². The molecule has 1 aromatic carbocycles. The van der Waals surface area contributed by atoms with Gasteiger partial charge < -0.3 is 14.2 Å². The largest absolute Gasteiger partial charge is 0.497 e. The summed E-state index contributed by atoms with van der Waals surface area (Å²) in [7, 11) is 1.57. The molecule has 0 radical (unpaired) electrons. The summed E-state index contributed by atoms with van der Waals surface area (Å²) in [5.74, 6) is 0.680. The van der Waals surface area contributed by atoms with Crippen LogP contribution in [0.25, 0.3) is 0 Å². The van der Waals surface area contributed by atoms with E-state index in [1.165, 1.54) is 0 Å². The number of hydrogen-bond donors (Lipinski definition) is 0. The first-order chi connectivity index (χ1) is 10.4. The standard InChI is InChI=1S/C18H24O4/c1-13(2)8-10-21-17-12-15(20-5)6-7-16(17)18(19)22-11-9-14(3)4/h6-9,12H,10-11H2,1-5H3. The zero-order valence-electron chi connectivity index (χ0n) is 13.9. The number of esters is 1. The molecule has 0 aliphatic rings. The van der Waals surface area contributed by atoms with Crippen LogP contribution in [-0.2, 0) is 4.74 Å². The molecule has 0 saturated heterocycles. The molecule has 0 spiro atoms. The molecule has 0 heterocycles. The average Bonchev–Trinajstić information content (AvgIpc) is 2.46. The molecule has 1 aromatic rings. The molecule has 1 rings (SSSR count). The highest BCUT2D eigenvalue weighted by Crippen LogP contribution is 2.25. The van der Waals surface area contributed by atoms with Gasteiger partial charge in [0, 0.05) is 6.07 Å². The quantitative estimate of drug-likeness (QED) is 0.560. The number of hydrogen-bond acceptors (Lipinski definition) is 4. The summed E-state index contributed by atoms with van der Waals surface area (Å²) in [6.07, 6.45) is 3.79. The molecule has 4 nitrogen and oxygen atoms in total. The first-order valence-corrected chi connectivity index (χ1v) is 7.18. The molecular formula is C18H24O4. The number of carbonyl (C=O) groups is 1. The topological polar surface area (TPSA) is 44.8 Å². The molecule has 4 heteroatoms. The Labute approximate surface area is 132 Å². The van der Waals surface area contributed by atoms with Crippen molar-refractivity contribution in [3.05, 3.63) is 47.1 Å². The van der Waals surface area contributed by atoms with E-state index in [1.54, 1.807) is 25.3 Å². The van der Waals surface area contributed by atoms with Gasteiger partial charge >= 0.3 is 5.97 Å². The van der Waals surface area contributed by atoms with E-state index in [2.05, 4.69) is 0 Å². The van der Waals surface area contributed by atoms with Gasteiger partial charge in [-0.3, -0.25) is 0 Å². The van der Waals surface area contributed by atoms with Gasteiger partial charge in [-0.15, -0.1) is 0 Å². The van der Waals surface area contributed by atoms with Crippen LogP contribution >= 0.6 is 0 Å². The smallest absolute Gasteiger partial charge is 0.342 e. The Hall–Kier alpha value is -2.23. The highest BCUT2D eigenvalue weighted by atomic mass is 16.5. The number of methoxy groups -OCH3 is 1. The number of benzene rings is 1. The lowest BCUT2D eigenvalue weighted by atomic mass is 10.2. The van der Waals surface area contributed by atoms with Crippen LogP contribution in [0.2, 0.25) is 0 Å². The lowest BCUT2D eigenvalue weighted by Crippen LogP contribution is -2.09. The van der Waals surface area contributed by atoms with E-state index in [-0.39, 0.29) is 6.61 Å². The zero-order chi connectivity index (χ0) is 16.5. The van der Waals surface area contributed by atoms with Crippen molar-refractivity contribution in [3.63, 3.8) is 0 Å². The molecule has 0 atom stereocenters. The SMILES string of the molecule is COc1ccc(C(=O)OCC=C(C)C)c(OCC=C(C)C)c1. The van der Waals surface area contributed by atoms with Crippen LogP contribution in [0.1, 0.15) is 38.1 Å². The Bertz CT molecular complexity index is 562. The van der Waals surface area contributed by atoms with Crippen molar-refractivity contribution in [1.82, 2.24) is 0 Å². The van der Waals surface area contributed by atoms with Gasteiger partial charge in [-0.2, -0.15) is 0 Å². The van der Waals surface area contributed by atoms with Crippen molar-refractivity contribution in [2.75, 3.05) is 20.3 Å². The zero-order valence-corrected chi connectivity index (χ0v) is 13.9. The van der Waals surface area contributed by atoms with Crippen LogP contribution in [0.3, 0.4) is 0 Å². The summed E-state index contributed by atoms with van der Waals surface area (Å²) < 4.78 is 16.1. The fourth-order valence-corrected chi connectivity index (χ4v) is 1.58. The summed E-state index contributed by atoms with van der Waals surface area (Å²) >= 11 is 0. The Morgan fingerprint density at radius 2 is 1.68 bits per heavy atom. The van der Waals surface area contributed by atoms with Crippen LogP contribution in [0.5, 0.6) is 11.5 Å². The monoisotopic (exact) mass is 304 g/mol. The molecule has 0 fully saturated rings. The van der Waals surface area contributed by atoms with E-state index in [1.807, 2.05) is 39.8 Å². The molecule has 0 amide bonds. The van der Waals surface area contributed by atoms with Gasteiger partial charge in [-0.05, 0) is 52.0 Å². The second kappa shape index (κ2) is 8.93. The summed E-state index contributed by atoms with van der Waals surface area (Å²) in [5, 5.41) is 0. The van der Waals surface area contributed by atoms with Crippen molar-refractivity contribution < 1.29 is 19.0 Å². The Morgan fingerprint density at radius 3 is 2.27 bits per heavy atom. The van der Waals surface area contributed by atoms with Crippen molar-refractivity contribution in [2.45, 2.75) is 27.7 Å². The van der Waals surface area contributed by atoms with E-state index >= 15 is 0 Å². The molecule has 0 aliphatic carbocycles. The predicted molar refractivity (Wildman–Crippen MR) is 87.6 cm³/mol. The third-order valence-electron chi connectivity index (χ3n) is 2.85. The lowest BCUT2D eigenvalue weighted by Gasteiger charge is -2.11. The molecule has 0 aromatic heterocycles. The maximum Gasteiger partial charge on any atom is 0.342 e.